The molecule has 2 heterocycles. The van der Waals surface area contributed by atoms with Crippen molar-refractivity contribution in [3.63, 3.8) is 0 Å². The van der Waals surface area contributed by atoms with E-state index in [1.807, 2.05) is 30.3 Å². The highest BCUT2D eigenvalue weighted by molar-refractivity contribution is 5.89. The molecule has 0 fully saturated rings. The number of pyridine rings is 1. The maximum Gasteiger partial charge on any atom is 0.361 e. The lowest BCUT2D eigenvalue weighted by Gasteiger charge is -2.06. The van der Waals surface area contributed by atoms with Crippen LogP contribution in [0.2, 0.25) is 0 Å². The number of rotatable bonds is 3. The molecule has 6 heteroatoms. The molecule has 3 rings (SSSR count). The molecule has 0 amide bonds. The molecule has 0 N–H and O–H groups in total. The number of aromatic nitrogens is 4. The van der Waals surface area contributed by atoms with Crippen molar-refractivity contribution < 1.29 is 9.53 Å². The van der Waals surface area contributed by atoms with Gasteiger partial charge in [0.05, 0.1) is 16.9 Å². The summed E-state index contributed by atoms with van der Waals surface area (Å²) in [7, 11) is 0. The van der Waals surface area contributed by atoms with Gasteiger partial charge in [-0.25, -0.2) is 9.48 Å². The topological polar surface area (TPSA) is 69.9 Å². The highest BCUT2D eigenvalue weighted by Gasteiger charge is 2.19. The van der Waals surface area contributed by atoms with Crippen molar-refractivity contribution in [2.75, 3.05) is 6.61 Å². The van der Waals surface area contributed by atoms with Crippen molar-refractivity contribution >= 4 is 16.9 Å². The lowest BCUT2D eigenvalue weighted by Crippen LogP contribution is -2.08. The summed E-state index contributed by atoms with van der Waals surface area (Å²) in [4.78, 5) is 16.3. The molecule has 0 unspecified atom stereocenters. The molecule has 22 heavy (non-hydrogen) atoms. The van der Waals surface area contributed by atoms with Crippen LogP contribution in [0, 0.1) is 19.3 Å². The van der Waals surface area contributed by atoms with Gasteiger partial charge in [0.25, 0.3) is 0 Å². The zero-order valence-electron chi connectivity index (χ0n) is 11.9. The summed E-state index contributed by atoms with van der Waals surface area (Å²) in [5, 5.41) is 8.91. The number of carbonyl (C=O) groups is 1. The van der Waals surface area contributed by atoms with Crippen LogP contribution in [0.25, 0.3) is 16.6 Å². The van der Waals surface area contributed by atoms with Crippen molar-refractivity contribution in [3.8, 4) is 18.0 Å². The Balaban J connectivity index is 2.08. The van der Waals surface area contributed by atoms with E-state index in [4.69, 9.17) is 11.2 Å². The maximum absolute atomic E-state index is 11.9. The molecular formula is C16H12N4O2. The molecule has 0 aliphatic carbocycles. The Bertz CT molecular complexity index is 887. The van der Waals surface area contributed by atoms with Crippen LogP contribution in [-0.2, 0) is 4.74 Å². The highest BCUT2D eigenvalue weighted by atomic mass is 16.5. The van der Waals surface area contributed by atoms with Crippen molar-refractivity contribution in [1.82, 2.24) is 20.0 Å². The molecule has 0 radical (unpaired) electrons. The second-order valence-corrected chi connectivity index (χ2v) is 4.57. The average Bonchev–Trinajstić information content (AvgIpc) is 2.93. The summed E-state index contributed by atoms with van der Waals surface area (Å²) < 4.78 is 6.46. The zero-order valence-corrected chi connectivity index (χ0v) is 11.9. The SMILES string of the molecule is C#CCOC(=O)c1nnn(-c2cccc3cccnc23)c1C. The number of carbonyl (C=O) groups excluding carboxylic acids is 1. The van der Waals surface area contributed by atoms with Gasteiger partial charge in [0.15, 0.2) is 12.3 Å². The number of terminal acetylenes is 1. The minimum absolute atomic E-state index is 0.0963. The molecule has 2 aromatic heterocycles. The van der Waals surface area contributed by atoms with E-state index in [9.17, 15) is 4.79 Å². The summed E-state index contributed by atoms with van der Waals surface area (Å²) in [6, 6.07) is 9.55. The van der Waals surface area contributed by atoms with Gasteiger partial charge >= 0.3 is 5.97 Å². The van der Waals surface area contributed by atoms with Gasteiger partial charge in [0.2, 0.25) is 0 Å². The summed E-state index contributed by atoms with van der Waals surface area (Å²) >= 11 is 0. The Morgan fingerprint density at radius 2 is 2.18 bits per heavy atom. The molecular weight excluding hydrogens is 280 g/mol. The second kappa shape index (κ2) is 5.66. The van der Waals surface area contributed by atoms with Crippen molar-refractivity contribution in [2.24, 2.45) is 0 Å². The summed E-state index contributed by atoms with van der Waals surface area (Å²) in [5.74, 6) is 1.65. The van der Waals surface area contributed by atoms with Crippen molar-refractivity contribution in [2.45, 2.75) is 6.92 Å². The monoisotopic (exact) mass is 292 g/mol. The van der Waals surface area contributed by atoms with E-state index in [1.54, 1.807) is 17.8 Å². The minimum atomic E-state index is -0.588. The van der Waals surface area contributed by atoms with Crippen LogP contribution in [0.15, 0.2) is 36.5 Å². The Labute approximate surface area is 126 Å². The second-order valence-electron chi connectivity index (χ2n) is 4.57. The predicted molar refractivity (Wildman–Crippen MR) is 80.5 cm³/mol. The van der Waals surface area contributed by atoms with Crippen LogP contribution in [0.5, 0.6) is 0 Å². The third-order valence-electron chi connectivity index (χ3n) is 3.21. The van der Waals surface area contributed by atoms with E-state index in [1.165, 1.54) is 0 Å². The zero-order chi connectivity index (χ0) is 15.5. The maximum atomic E-state index is 11.9. The van der Waals surface area contributed by atoms with E-state index in [-0.39, 0.29) is 12.3 Å². The molecule has 0 saturated heterocycles. The van der Waals surface area contributed by atoms with Gasteiger partial charge in [-0.3, -0.25) is 4.98 Å². The Morgan fingerprint density at radius 3 is 3.00 bits per heavy atom. The molecule has 0 saturated carbocycles. The number of nitrogens with zero attached hydrogens (tertiary/aromatic N) is 4. The van der Waals surface area contributed by atoms with Gasteiger partial charge in [0.1, 0.15) is 0 Å². The number of para-hydroxylation sites is 1. The van der Waals surface area contributed by atoms with Crippen LogP contribution >= 0.6 is 0 Å². The van der Waals surface area contributed by atoms with Crippen LogP contribution in [-0.4, -0.2) is 32.6 Å². The third kappa shape index (κ3) is 2.29. The third-order valence-corrected chi connectivity index (χ3v) is 3.21. The molecule has 0 atom stereocenters. The van der Waals surface area contributed by atoms with Gasteiger partial charge in [-0.15, -0.1) is 11.5 Å². The van der Waals surface area contributed by atoms with Gasteiger partial charge in [0, 0.05) is 11.6 Å². The van der Waals surface area contributed by atoms with Crippen LogP contribution < -0.4 is 0 Å². The first-order valence-corrected chi connectivity index (χ1v) is 6.59. The first-order valence-electron chi connectivity index (χ1n) is 6.59. The number of benzene rings is 1. The quantitative estimate of drug-likeness (QED) is 0.545. The summed E-state index contributed by atoms with van der Waals surface area (Å²) in [6.45, 7) is 1.65. The number of esters is 1. The number of fused-ring (bicyclic) bond motifs is 1. The molecule has 0 aliphatic rings. The fraction of sp³-hybridized carbons (Fsp3) is 0.125. The molecule has 6 nitrogen and oxygen atoms in total. The van der Waals surface area contributed by atoms with Gasteiger partial charge in [-0.2, -0.15) is 0 Å². The molecule has 0 aliphatic heterocycles. The van der Waals surface area contributed by atoms with Gasteiger partial charge in [-0.05, 0) is 19.1 Å². The van der Waals surface area contributed by atoms with E-state index < -0.39 is 5.97 Å². The van der Waals surface area contributed by atoms with E-state index in [2.05, 4.69) is 21.2 Å². The van der Waals surface area contributed by atoms with Gasteiger partial charge in [-0.1, -0.05) is 29.3 Å². The lowest BCUT2D eigenvalue weighted by molar-refractivity contribution is 0.0549. The molecule has 3 aromatic rings. The molecule has 0 bridgehead atoms. The Morgan fingerprint density at radius 1 is 1.36 bits per heavy atom. The summed E-state index contributed by atoms with van der Waals surface area (Å²) in [6.07, 6.45) is 6.78. The first kappa shape index (κ1) is 13.8. The Kier molecular flexibility index (Phi) is 3.54. The van der Waals surface area contributed by atoms with E-state index in [0.29, 0.717) is 5.69 Å². The first-order chi connectivity index (χ1) is 10.7. The fourth-order valence-corrected chi connectivity index (χ4v) is 2.18. The number of ether oxygens (including phenoxy) is 1. The number of hydrogen-bond acceptors (Lipinski definition) is 5. The molecule has 1 aromatic carbocycles. The predicted octanol–water partition coefficient (Wildman–Crippen LogP) is 1.91. The fourth-order valence-electron chi connectivity index (χ4n) is 2.18. The van der Waals surface area contributed by atoms with Crippen LogP contribution in [0.1, 0.15) is 16.2 Å². The smallest absolute Gasteiger partial charge is 0.361 e. The summed E-state index contributed by atoms with van der Waals surface area (Å²) in [5.41, 5.74) is 2.24. The molecule has 0 spiro atoms. The van der Waals surface area contributed by atoms with Gasteiger partial charge < -0.3 is 4.74 Å². The van der Waals surface area contributed by atoms with Crippen molar-refractivity contribution in [1.29, 1.82) is 0 Å². The highest BCUT2D eigenvalue weighted by Crippen LogP contribution is 2.21. The normalized spacial score (nSPS) is 10.4. The molecule has 108 valence electrons. The standard InChI is InChI=1S/C16H12N4O2/c1-3-10-22-16(21)14-11(2)20(19-18-14)13-8-4-6-12-7-5-9-17-15(12)13/h1,4-9H,10H2,2H3. The van der Waals surface area contributed by atoms with Crippen molar-refractivity contribution in [3.05, 3.63) is 47.9 Å². The number of hydrogen-bond donors (Lipinski definition) is 0. The largest absolute Gasteiger partial charge is 0.448 e. The van der Waals surface area contributed by atoms with Crippen LogP contribution in [0.3, 0.4) is 0 Å². The minimum Gasteiger partial charge on any atom is -0.448 e. The lowest BCUT2D eigenvalue weighted by atomic mass is 10.2. The van der Waals surface area contributed by atoms with E-state index >= 15 is 0 Å². The van der Waals surface area contributed by atoms with E-state index in [0.717, 1.165) is 16.6 Å². The van der Waals surface area contributed by atoms with Crippen LogP contribution in [0.4, 0.5) is 0 Å². The Hall–Kier alpha value is -3.20. The average molecular weight is 292 g/mol.